The molecule has 1 aromatic rings. The van der Waals surface area contributed by atoms with E-state index in [0.717, 1.165) is 24.2 Å². The summed E-state index contributed by atoms with van der Waals surface area (Å²) in [6.45, 7) is 2.49. The number of ketones is 1. The second-order valence-electron chi connectivity index (χ2n) is 8.37. The number of thioether (sulfide) groups is 1. The van der Waals surface area contributed by atoms with Gasteiger partial charge in [0.05, 0.1) is 6.10 Å². The van der Waals surface area contributed by atoms with Crippen molar-refractivity contribution in [2.45, 2.75) is 43.7 Å². The van der Waals surface area contributed by atoms with E-state index in [-0.39, 0.29) is 36.2 Å². The number of benzene rings is 1. The van der Waals surface area contributed by atoms with E-state index in [9.17, 15) is 14.4 Å². The fraction of sp³-hybridized carbons (Fsp3) is 0.440. The highest BCUT2D eigenvalue weighted by molar-refractivity contribution is 7.98. The van der Waals surface area contributed by atoms with E-state index in [1.165, 1.54) is 0 Å². The smallest absolute Gasteiger partial charge is 0.248 e. The van der Waals surface area contributed by atoms with Crippen LogP contribution in [0.1, 0.15) is 25.3 Å². The van der Waals surface area contributed by atoms with Crippen molar-refractivity contribution in [2.24, 2.45) is 5.92 Å². The fourth-order valence-corrected chi connectivity index (χ4v) is 5.39. The average molecular weight is 453 g/mol. The maximum absolute atomic E-state index is 13.6. The van der Waals surface area contributed by atoms with Gasteiger partial charge in [-0.3, -0.25) is 14.4 Å². The van der Waals surface area contributed by atoms with Gasteiger partial charge in [-0.05, 0) is 36.6 Å². The van der Waals surface area contributed by atoms with Gasteiger partial charge in [-0.25, -0.2) is 0 Å². The Labute approximate surface area is 192 Å². The number of likely N-dealkylation sites (tertiary alicyclic amines) is 1. The molecule has 1 aromatic carbocycles. The molecule has 2 amide bonds. The zero-order chi connectivity index (χ0) is 22.5. The van der Waals surface area contributed by atoms with E-state index in [1.807, 2.05) is 43.3 Å². The first-order chi connectivity index (χ1) is 15.5. The predicted molar refractivity (Wildman–Crippen MR) is 124 cm³/mol. The Bertz CT molecular complexity index is 967. The summed E-state index contributed by atoms with van der Waals surface area (Å²) in [6, 6.07) is 8.77. The van der Waals surface area contributed by atoms with Gasteiger partial charge in [0.15, 0.2) is 5.78 Å². The summed E-state index contributed by atoms with van der Waals surface area (Å²) < 4.78 is 5.60. The molecule has 2 aliphatic heterocycles. The minimum atomic E-state index is -0.716. The van der Waals surface area contributed by atoms with Crippen LogP contribution in [0, 0.1) is 5.92 Å². The maximum atomic E-state index is 13.6. The summed E-state index contributed by atoms with van der Waals surface area (Å²) in [4.78, 5) is 40.6. The van der Waals surface area contributed by atoms with Gasteiger partial charge in [-0.15, -0.1) is 5.73 Å². The van der Waals surface area contributed by atoms with Gasteiger partial charge >= 0.3 is 0 Å². The molecule has 2 saturated heterocycles. The van der Waals surface area contributed by atoms with E-state index < -0.39 is 12.1 Å². The van der Waals surface area contributed by atoms with Crippen molar-refractivity contribution < 1.29 is 19.1 Å². The third-order valence-corrected chi connectivity index (χ3v) is 7.19. The predicted octanol–water partition coefficient (Wildman–Crippen LogP) is 2.65. The standard InChI is InChI=1S/C25H28N2O4S/c1-17-8-5-6-11-19(17)24(29)26-20(16-32-15-18-9-3-2-4-10-18)25(30)27-13-7-12-22-23(27)21(28)14-31-22/h2-4,6,8-11,17,20,22-23H,7,12-16H2,1H3,(H,26,29)/t17?,20-,22?,23+/m0/s1. The van der Waals surface area contributed by atoms with Crippen LogP contribution in [-0.2, 0) is 24.9 Å². The molecule has 168 valence electrons. The van der Waals surface area contributed by atoms with E-state index >= 15 is 0 Å². The fourth-order valence-electron chi connectivity index (χ4n) is 4.39. The number of piperidine rings is 1. The first-order valence-electron chi connectivity index (χ1n) is 11.0. The number of hydrogen-bond donors (Lipinski definition) is 1. The van der Waals surface area contributed by atoms with Crippen LogP contribution in [0.2, 0.25) is 0 Å². The number of nitrogens with one attached hydrogen (secondary N) is 1. The quantitative estimate of drug-likeness (QED) is 0.644. The van der Waals surface area contributed by atoms with Crippen LogP contribution in [-0.4, -0.2) is 59.6 Å². The van der Waals surface area contributed by atoms with Crippen LogP contribution >= 0.6 is 11.8 Å². The zero-order valence-electron chi connectivity index (χ0n) is 18.2. The Morgan fingerprint density at radius 1 is 1.31 bits per heavy atom. The number of hydrogen-bond acceptors (Lipinski definition) is 5. The van der Waals surface area contributed by atoms with E-state index in [4.69, 9.17) is 4.74 Å². The number of Topliss-reactive ketones (excluding diaryl/α,β-unsaturated/α-hetero) is 1. The lowest BCUT2D eigenvalue weighted by Gasteiger charge is -2.37. The number of nitrogens with zero attached hydrogens (tertiary/aromatic N) is 1. The van der Waals surface area contributed by atoms with Crippen molar-refractivity contribution in [3.63, 3.8) is 0 Å². The summed E-state index contributed by atoms with van der Waals surface area (Å²) in [5, 5.41) is 2.96. The molecule has 0 bridgehead atoms. The van der Waals surface area contributed by atoms with Crippen molar-refractivity contribution in [1.82, 2.24) is 10.2 Å². The molecular weight excluding hydrogens is 424 g/mol. The molecule has 6 nitrogen and oxygen atoms in total. The second kappa shape index (κ2) is 10.3. The first kappa shape index (κ1) is 22.6. The number of rotatable bonds is 7. The average Bonchev–Trinajstić information content (AvgIpc) is 3.20. The second-order valence-corrected chi connectivity index (χ2v) is 9.40. The lowest BCUT2D eigenvalue weighted by atomic mass is 9.96. The maximum Gasteiger partial charge on any atom is 0.248 e. The summed E-state index contributed by atoms with van der Waals surface area (Å²) >= 11 is 1.60. The summed E-state index contributed by atoms with van der Waals surface area (Å²) in [5.41, 5.74) is 4.75. The van der Waals surface area contributed by atoms with Gasteiger partial charge in [0.1, 0.15) is 18.7 Å². The van der Waals surface area contributed by atoms with Crippen molar-refractivity contribution in [3.05, 3.63) is 65.4 Å². The van der Waals surface area contributed by atoms with Gasteiger partial charge in [0.25, 0.3) is 0 Å². The molecule has 0 spiro atoms. The third-order valence-electron chi connectivity index (χ3n) is 6.09. The van der Waals surface area contributed by atoms with Gasteiger partial charge in [-0.1, -0.05) is 37.3 Å². The Balaban J connectivity index is 1.48. The number of carbonyl (C=O) groups excluding carboxylic acids is 3. The SMILES string of the molecule is CC1C=C=CC=C1C(=O)N[C@@H](CSCc1ccccc1)C(=O)N1CCCC2OCC(=O)[C@H]21. The van der Waals surface area contributed by atoms with E-state index in [0.29, 0.717) is 17.9 Å². The van der Waals surface area contributed by atoms with Gasteiger partial charge in [0, 0.05) is 29.5 Å². The number of allylic oxidation sites excluding steroid dienone is 2. The summed E-state index contributed by atoms with van der Waals surface area (Å²) in [7, 11) is 0. The van der Waals surface area contributed by atoms with Crippen LogP contribution in [0.4, 0.5) is 0 Å². The summed E-state index contributed by atoms with van der Waals surface area (Å²) in [5.74, 6) is 0.575. The van der Waals surface area contributed by atoms with E-state index in [1.54, 1.807) is 28.8 Å². The van der Waals surface area contributed by atoms with E-state index in [2.05, 4.69) is 11.0 Å². The first-order valence-corrected chi connectivity index (χ1v) is 12.2. The van der Waals surface area contributed by atoms with Crippen LogP contribution in [0.3, 0.4) is 0 Å². The molecule has 7 heteroatoms. The Kier molecular flexibility index (Phi) is 7.30. The Morgan fingerprint density at radius 2 is 2.12 bits per heavy atom. The molecule has 0 radical (unpaired) electrons. The number of carbonyl (C=O) groups is 3. The normalized spacial score (nSPS) is 25.3. The molecular formula is C25H28N2O4S. The van der Waals surface area contributed by atoms with Crippen molar-refractivity contribution in [2.75, 3.05) is 18.9 Å². The molecule has 0 aromatic heterocycles. The van der Waals surface area contributed by atoms with Crippen molar-refractivity contribution in [1.29, 1.82) is 0 Å². The lowest BCUT2D eigenvalue weighted by Crippen LogP contribution is -2.58. The van der Waals surface area contributed by atoms with Gasteiger partial charge < -0.3 is 15.0 Å². The molecule has 0 saturated carbocycles. The van der Waals surface area contributed by atoms with Crippen LogP contribution in [0.25, 0.3) is 0 Å². The molecule has 2 fully saturated rings. The minimum absolute atomic E-state index is 0.0519. The molecule has 2 unspecified atom stereocenters. The Hall–Kier alpha value is -2.60. The topological polar surface area (TPSA) is 75.7 Å². The number of ether oxygens (including phenoxy) is 1. The molecule has 4 rings (SSSR count). The molecule has 2 heterocycles. The molecule has 1 aliphatic carbocycles. The molecule has 1 N–H and O–H groups in total. The highest BCUT2D eigenvalue weighted by atomic mass is 32.2. The number of amides is 2. The summed E-state index contributed by atoms with van der Waals surface area (Å²) in [6.07, 6.45) is 6.62. The van der Waals surface area contributed by atoms with Crippen LogP contribution in [0.5, 0.6) is 0 Å². The zero-order valence-corrected chi connectivity index (χ0v) is 19.0. The van der Waals surface area contributed by atoms with Crippen molar-refractivity contribution in [3.8, 4) is 0 Å². The van der Waals surface area contributed by atoms with Crippen LogP contribution in [0.15, 0.2) is 59.9 Å². The number of fused-ring (bicyclic) bond motifs is 1. The third kappa shape index (κ3) is 5.07. The highest BCUT2D eigenvalue weighted by Gasteiger charge is 2.45. The molecule has 4 atom stereocenters. The monoisotopic (exact) mass is 452 g/mol. The molecule has 32 heavy (non-hydrogen) atoms. The van der Waals surface area contributed by atoms with Gasteiger partial charge in [0.2, 0.25) is 11.8 Å². The van der Waals surface area contributed by atoms with Crippen LogP contribution < -0.4 is 5.32 Å². The van der Waals surface area contributed by atoms with Crippen molar-refractivity contribution >= 4 is 29.4 Å². The van der Waals surface area contributed by atoms with Gasteiger partial charge in [-0.2, -0.15) is 11.8 Å². The Morgan fingerprint density at radius 3 is 2.91 bits per heavy atom. The minimum Gasteiger partial charge on any atom is -0.368 e. The lowest BCUT2D eigenvalue weighted by molar-refractivity contribution is -0.143. The molecule has 3 aliphatic rings. The largest absolute Gasteiger partial charge is 0.368 e. The highest BCUT2D eigenvalue weighted by Crippen LogP contribution is 2.27.